The number of rotatable bonds is 5. The van der Waals surface area contributed by atoms with Crippen molar-refractivity contribution >= 4 is 22.8 Å². The maximum atomic E-state index is 11.9. The Bertz CT molecular complexity index is 895. The first kappa shape index (κ1) is 15.0. The van der Waals surface area contributed by atoms with Gasteiger partial charge in [-0.25, -0.2) is 9.78 Å². The van der Waals surface area contributed by atoms with Crippen molar-refractivity contribution in [3.05, 3.63) is 58.7 Å². The molecular weight excluding hydrogens is 294 g/mol. The molecule has 0 spiro atoms. The molecule has 0 saturated heterocycles. The summed E-state index contributed by atoms with van der Waals surface area (Å²) in [6, 6.07) is 12.7. The number of nitrogens with one attached hydrogen (secondary N) is 1. The molecule has 0 unspecified atom stereocenters. The molecular formula is C17H17N3O3. The molecule has 0 saturated carbocycles. The summed E-state index contributed by atoms with van der Waals surface area (Å²) in [5.74, 6) is 0.0248. The van der Waals surface area contributed by atoms with Gasteiger partial charge in [0.2, 0.25) is 5.91 Å². The summed E-state index contributed by atoms with van der Waals surface area (Å²) < 4.78 is 6.71. The van der Waals surface area contributed by atoms with Crippen LogP contribution in [0.5, 0.6) is 0 Å². The number of carbonyl (C=O) groups excluding carboxylic acids is 1. The maximum absolute atomic E-state index is 11.9. The van der Waals surface area contributed by atoms with Crippen molar-refractivity contribution in [1.82, 2.24) is 9.55 Å². The number of fused-ring (bicyclic) bond motifs is 1. The van der Waals surface area contributed by atoms with Crippen molar-refractivity contribution in [1.29, 1.82) is 0 Å². The lowest BCUT2D eigenvalue weighted by atomic mass is 10.2. The molecule has 23 heavy (non-hydrogen) atoms. The van der Waals surface area contributed by atoms with Crippen molar-refractivity contribution in [3.8, 4) is 0 Å². The molecule has 3 aromatic rings. The molecule has 118 valence electrons. The number of pyridine rings is 1. The number of para-hydroxylation sites is 2. The predicted octanol–water partition coefficient (Wildman–Crippen LogP) is 2.72. The summed E-state index contributed by atoms with van der Waals surface area (Å²) in [6.07, 6.45) is 0.850. The number of aromatic nitrogens is 2. The lowest BCUT2D eigenvalue weighted by Gasteiger charge is -2.05. The summed E-state index contributed by atoms with van der Waals surface area (Å²) in [4.78, 5) is 28.0. The Morgan fingerprint density at radius 1 is 1.22 bits per heavy atom. The molecule has 0 bridgehead atoms. The molecule has 0 atom stereocenters. The minimum Gasteiger partial charge on any atom is -0.408 e. The van der Waals surface area contributed by atoms with Gasteiger partial charge in [-0.1, -0.05) is 18.2 Å². The van der Waals surface area contributed by atoms with Crippen LogP contribution in [0.15, 0.2) is 51.7 Å². The van der Waals surface area contributed by atoms with Gasteiger partial charge < -0.3 is 9.73 Å². The standard InChI is InChI=1S/C17H17N3O3/c1-12-6-4-9-15(18-12)19-16(21)10-5-11-20-13-7-2-3-8-14(13)23-17(20)22/h2-4,6-9H,5,10-11H2,1H3,(H,18,19,21). The lowest BCUT2D eigenvalue weighted by molar-refractivity contribution is -0.116. The Balaban J connectivity index is 1.59. The highest BCUT2D eigenvalue weighted by Crippen LogP contribution is 2.12. The Kier molecular flexibility index (Phi) is 4.23. The number of nitrogens with zero attached hydrogens (tertiary/aromatic N) is 2. The zero-order valence-electron chi connectivity index (χ0n) is 12.8. The molecule has 0 aliphatic carbocycles. The first-order valence-electron chi connectivity index (χ1n) is 7.45. The highest BCUT2D eigenvalue weighted by molar-refractivity contribution is 5.89. The van der Waals surface area contributed by atoms with Crippen LogP contribution >= 0.6 is 0 Å². The van der Waals surface area contributed by atoms with Gasteiger partial charge in [0.1, 0.15) is 5.82 Å². The van der Waals surface area contributed by atoms with Crippen LogP contribution in [0.25, 0.3) is 11.1 Å². The van der Waals surface area contributed by atoms with Crippen molar-refractivity contribution < 1.29 is 9.21 Å². The molecule has 2 heterocycles. The Labute approximate surface area is 132 Å². The van der Waals surface area contributed by atoms with Gasteiger partial charge >= 0.3 is 5.76 Å². The molecule has 1 N–H and O–H groups in total. The van der Waals surface area contributed by atoms with Crippen LogP contribution in [-0.2, 0) is 11.3 Å². The molecule has 1 amide bonds. The van der Waals surface area contributed by atoms with Gasteiger partial charge in [-0.15, -0.1) is 0 Å². The average molecular weight is 311 g/mol. The van der Waals surface area contributed by atoms with Crippen LogP contribution in [0.2, 0.25) is 0 Å². The van der Waals surface area contributed by atoms with Crippen molar-refractivity contribution in [2.24, 2.45) is 0 Å². The molecule has 3 rings (SSSR count). The van der Waals surface area contributed by atoms with Crippen LogP contribution in [0.1, 0.15) is 18.5 Å². The summed E-state index contributed by atoms with van der Waals surface area (Å²) >= 11 is 0. The van der Waals surface area contributed by atoms with Gasteiger partial charge in [-0.05, 0) is 37.6 Å². The summed E-state index contributed by atoms with van der Waals surface area (Å²) in [5, 5.41) is 2.75. The third kappa shape index (κ3) is 3.48. The number of anilines is 1. The van der Waals surface area contributed by atoms with Gasteiger partial charge in [0.25, 0.3) is 0 Å². The van der Waals surface area contributed by atoms with E-state index in [1.54, 1.807) is 16.7 Å². The topological polar surface area (TPSA) is 77.1 Å². The van der Waals surface area contributed by atoms with E-state index in [1.807, 2.05) is 37.3 Å². The third-order valence-electron chi connectivity index (χ3n) is 3.52. The second-order valence-electron chi connectivity index (χ2n) is 5.30. The Morgan fingerprint density at radius 3 is 2.87 bits per heavy atom. The highest BCUT2D eigenvalue weighted by atomic mass is 16.4. The molecule has 0 aliphatic rings. The van der Waals surface area contributed by atoms with E-state index in [1.165, 1.54) is 0 Å². The van der Waals surface area contributed by atoms with E-state index in [9.17, 15) is 9.59 Å². The zero-order valence-corrected chi connectivity index (χ0v) is 12.8. The fourth-order valence-electron chi connectivity index (χ4n) is 2.44. The fourth-order valence-corrected chi connectivity index (χ4v) is 2.44. The summed E-state index contributed by atoms with van der Waals surface area (Å²) in [5.41, 5.74) is 2.16. The number of hydrogen-bond donors (Lipinski definition) is 1. The second kappa shape index (κ2) is 6.48. The predicted molar refractivity (Wildman–Crippen MR) is 87.3 cm³/mol. The van der Waals surface area contributed by atoms with E-state index in [4.69, 9.17) is 4.42 Å². The van der Waals surface area contributed by atoms with Gasteiger partial charge in [-0.3, -0.25) is 9.36 Å². The van der Waals surface area contributed by atoms with Crippen LogP contribution < -0.4 is 11.1 Å². The summed E-state index contributed by atoms with van der Waals surface area (Å²) in [6.45, 7) is 2.30. The minimum atomic E-state index is -0.396. The number of oxazole rings is 1. The second-order valence-corrected chi connectivity index (χ2v) is 5.30. The van der Waals surface area contributed by atoms with E-state index in [-0.39, 0.29) is 5.91 Å². The molecule has 0 aliphatic heterocycles. The quantitative estimate of drug-likeness (QED) is 0.786. The first-order valence-corrected chi connectivity index (χ1v) is 7.45. The normalized spacial score (nSPS) is 10.8. The van der Waals surface area contributed by atoms with Gasteiger partial charge in [0.05, 0.1) is 5.52 Å². The smallest absolute Gasteiger partial charge is 0.408 e. The average Bonchev–Trinajstić information content (AvgIpc) is 2.83. The lowest BCUT2D eigenvalue weighted by Crippen LogP contribution is -2.17. The van der Waals surface area contributed by atoms with E-state index in [2.05, 4.69) is 10.3 Å². The number of benzene rings is 1. The SMILES string of the molecule is Cc1cccc(NC(=O)CCCn2c(=O)oc3ccccc32)n1. The molecule has 6 heteroatoms. The number of hydrogen-bond acceptors (Lipinski definition) is 4. The first-order chi connectivity index (χ1) is 11.1. The minimum absolute atomic E-state index is 0.121. The monoisotopic (exact) mass is 311 g/mol. The van der Waals surface area contributed by atoms with Crippen LogP contribution in [-0.4, -0.2) is 15.5 Å². The molecule has 6 nitrogen and oxygen atoms in total. The number of aryl methyl sites for hydroxylation is 2. The van der Waals surface area contributed by atoms with Gasteiger partial charge in [-0.2, -0.15) is 0 Å². The van der Waals surface area contributed by atoms with Crippen molar-refractivity contribution in [2.75, 3.05) is 5.32 Å². The van der Waals surface area contributed by atoms with Crippen LogP contribution in [0.4, 0.5) is 5.82 Å². The molecule has 2 aromatic heterocycles. The van der Waals surface area contributed by atoms with Gasteiger partial charge in [0.15, 0.2) is 5.58 Å². The van der Waals surface area contributed by atoms with Crippen LogP contribution in [0.3, 0.4) is 0 Å². The zero-order chi connectivity index (χ0) is 16.2. The van der Waals surface area contributed by atoms with Crippen LogP contribution in [0, 0.1) is 6.92 Å². The fraction of sp³-hybridized carbons (Fsp3) is 0.235. The van der Waals surface area contributed by atoms with E-state index < -0.39 is 5.76 Å². The van der Waals surface area contributed by atoms with Crippen molar-refractivity contribution in [3.63, 3.8) is 0 Å². The van der Waals surface area contributed by atoms with E-state index >= 15 is 0 Å². The number of carbonyl (C=O) groups is 1. The molecule has 1 aromatic carbocycles. The maximum Gasteiger partial charge on any atom is 0.419 e. The Hall–Kier alpha value is -2.89. The van der Waals surface area contributed by atoms with Gasteiger partial charge in [0, 0.05) is 18.7 Å². The molecule has 0 radical (unpaired) electrons. The largest absolute Gasteiger partial charge is 0.419 e. The number of amides is 1. The van der Waals surface area contributed by atoms with E-state index in [0.717, 1.165) is 11.2 Å². The third-order valence-corrected chi connectivity index (χ3v) is 3.52. The highest BCUT2D eigenvalue weighted by Gasteiger charge is 2.09. The summed E-state index contributed by atoms with van der Waals surface area (Å²) in [7, 11) is 0. The van der Waals surface area contributed by atoms with E-state index in [0.29, 0.717) is 30.8 Å². The van der Waals surface area contributed by atoms with Crippen molar-refractivity contribution in [2.45, 2.75) is 26.3 Å². The molecule has 0 fully saturated rings. The Morgan fingerprint density at radius 2 is 2.04 bits per heavy atom.